The first-order chi connectivity index (χ1) is 14.6. The molecule has 0 aliphatic rings. The number of likely N-dealkylation sites (N-methyl/N-ethyl adjacent to an activating group) is 1. The van der Waals surface area contributed by atoms with Gasteiger partial charge in [-0.25, -0.2) is 4.98 Å². The van der Waals surface area contributed by atoms with Crippen molar-refractivity contribution in [2.45, 2.75) is 19.8 Å². The quantitative estimate of drug-likeness (QED) is 0.410. The fourth-order valence-electron chi connectivity index (χ4n) is 3.67. The third-order valence-electron chi connectivity index (χ3n) is 5.31. The van der Waals surface area contributed by atoms with E-state index in [4.69, 9.17) is 4.42 Å². The highest BCUT2D eigenvalue weighted by Crippen LogP contribution is 2.33. The monoisotopic (exact) mass is 396 g/mol. The zero-order valence-corrected chi connectivity index (χ0v) is 17.4. The first kappa shape index (κ1) is 19.6. The van der Waals surface area contributed by atoms with Crippen LogP contribution in [0.2, 0.25) is 0 Å². The molecule has 1 atom stereocenters. The van der Waals surface area contributed by atoms with Gasteiger partial charge in [0.05, 0.1) is 17.3 Å². The van der Waals surface area contributed by atoms with Crippen LogP contribution < -0.4 is 4.90 Å². The minimum absolute atomic E-state index is 0.0330. The lowest BCUT2D eigenvalue weighted by atomic mass is 10.0. The van der Waals surface area contributed by atoms with Crippen LogP contribution >= 0.6 is 0 Å². The van der Waals surface area contributed by atoms with E-state index in [-0.39, 0.29) is 5.91 Å². The number of benzene rings is 3. The summed E-state index contributed by atoms with van der Waals surface area (Å²) in [5.74, 6) is 0.740. The third kappa shape index (κ3) is 3.77. The van der Waals surface area contributed by atoms with Crippen LogP contribution in [-0.2, 0) is 4.79 Å². The van der Waals surface area contributed by atoms with Gasteiger partial charge in [0.2, 0.25) is 11.8 Å². The summed E-state index contributed by atoms with van der Waals surface area (Å²) in [6.45, 7) is 3.74. The molecule has 4 aromatic rings. The molecule has 4 nitrogen and oxygen atoms in total. The first-order valence-electron chi connectivity index (χ1n) is 10.0. The fourth-order valence-corrected chi connectivity index (χ4v) is 3.67. The number of para-hydroxylation sites is 1. The van der Waals surface area contributed by atoms with E-state index < -0.39 is 5.92 Å². The maximum atomic E-state index is 13.4. The van der Waals surface area contributed by atoms with Gasteiger partial charge in [-0.15, -0.1) is 0 Å². The molecule has 0 radical (unpaired) electrons. The SMILES string of the molecule is Cc1oc(-c2ccccc2)nc1C(C)C(=O)N(C)c1ccccc1-c1ccccc1. The molecule has 1 amide bonds. The summed E-state index contributed by atoms with van der Waals surface area (Å²) >= 11 is 0. The molecule has 0 aliphatic carbocycles. The van der Waals surface area contributed by atoms with E-state index in [1.54, 1.807) is 4.90 Å². The highest BCUT2D eigenvalue weighted by molar-refractivity contribution is 6.00. The van der Waals surface area contributed by atoms with Crippen LogP contribution in [0.3, 0.4) is 0 Å². The largest absolute Gasteiger partial charge is 0.441 e. The lowest BCUT2D eigenvalue weighted by Crippen LogP contribution is -2.31. The van der Waals surface area contributed by atoms with Gasteiger partial charge in [-0.3, -0.25) is 4.79 Å². The van der Waals surface area contributed by atoms with Gasteiger partial charge < -0.3 is 9.32 Å². The van der Waals surface area contributed by atoms with Gasteiger partial charge >= 0.3 is 0 Å². The molecule has 1 unspecified atom stereocenters. The number of aromatic nitrogens is 1. The third-order valence-corrected chi connectivity index (χ3v) is 5.31. The number of carbonyl (C=O) groups is 1. The van der Waals surface area contributed by atoms with Gasteiger partial charge in [0.1, 0.15) is 5.76 Å². The van der Waals surface area contributed by atoms with Gasteiger partial charge in [-0.05, 0) is 37.6 Å². The standard InChI is InChI=1S/C26H24N2O2/c1-18(24-19(2)30-25(27-24)21-14-8-5-9-15-21)26(29)28(3)23-17-11-10-16-22(23)20-12-6-4-7-13-20/h4-18H,1-3H3. The van der Waals surface area contributed by atoms with Crippen LogP contribution in [0.15, 0.2) is 89.3 Å². The van der Waals surface area contributed by atoms with Gasteiger partial charge in [0, 0.05) is 18.2 Å². The summed E-state index contributed by atoms with van der Waals surface area (Å²) in [5.41, 5.74) is 4.52. The zero-order chi connectivity index (χ0) is 21.1. The second-order valence-electron chi connectivity index (χ2n) is 7.33. The van der Waals surface area contributed by atoms with Gasteiger partial charge in [0.25, 0.3) is 0 Å². The Morgan fingerprint density at radius 2 is 1.43 bits per heavy atom. The molecule has 0 saturated carbocycles. The van der Waals surface area contributed by atoms with Crippen molar-refractivity contribution < 1.29 is 9.21 Å². The Hall–Kier alpha value is -3.66. The second-order valence-corrected chi connectivity index (χ2v) is 7.33. The Morgan fingerprint density at radius 1 is 0.867 bits per heavy atom. The van der Waals surface area contributed by atoms with Gasteiger partial charge in [-0.1, -0.05) is 66.7 Å². The maximum Gasteiger partial charge on any atom is 0.235 e. The minimum atomic E-state index is -0.431. The first-order valence-corrected chi connectivity index (χ1v) is 10.0. The maximum absolute atomic E-state index is 13.4. The summed E-state index contributed by atoms with van der Waals surface area (Å²) in [4.78, 5) is 19.7. The topological polar surface area (TPSA) is 46.3 Å². The van der Waals surface area contributed by atoms with Crippen LogP contribution in [0, 0.1) is 6.92 Å². The molecule has 0 bridgehead atoms. The van der Waals surface area contributed by atoms with Crippen LogP contribution in [0.1, 0.15) is 24.3 Å². The van der Waals surface area contributed by atoms with E-state index in [1.165, 1.54) is 0 Å². The van der Waals surface area contributed by atoms with Crippen molar-refractivity contribution in [2.75, 3.05) is 11.9 Å². The average molecular weight is 396 g/mol. The Morgan fingerprint density at radius 3 is 2.10 bits per heavy atom. The summed E-state index contributed by atoms with van der Waals surface area (Å²) in [7, 11) is 1.81. The molecule has 30 heavy (non-hydrogen) atoms. The molecule has 0 spiro atoms. The van der Waals surface area contributed by atoms with E-state index >= 15 is 0 Å². The van der Waals surface area contributed by atoms with Crippen LogP contribution in [0.25, 0.3) is 22.6 Å². The highest BCUT2D eigenvalue weighted by Gasteiger charge is 2.27. The number of anilines is 1. The molecular weight excluding hydrogens is 372 g/mol. The van der Waals surface area contributed by atoms with Crippen molar-refractivity contribution in [3.05, 3.63) is 96.4 Å². The van der Waals surface area contributed by atoms with Crippen molar-refractivity contribution >= 4 is 11.6 Å². The highest BCUT2D eigenvalue weighted by atomic mass is 16.4. The fraction of sp³-hybridized carbons (Fsp3) is 0.154. The Bertz CT molecular complexity index is 1150. The van der Waals surface area contributed by atoms with Crippen molar-refractivity contribution in [1.29, 1.82) is 0 Å². The summed E-state index contributed by atoms with van der Waals surface area (Å²) in [6.07, 6.45) is 0. The average Bonchev–Trinajstić information content (AvgIpc) is 3.20. The van der Waals surface area contributed by atoms with E-state index in [9.17, 15) is 4.79 Å². The number of hydrogen-bond acceptors (Lipinski definition) is 3. The number of carbonyl (C=O) groups excluding carboxylic acids is 1. The predicted molar refractivity (Wildman–Crippen MR) is 120 cm³/mol. The van der Waals surface area contributed by atoms with Gasteiger partial charge in [0.15, 0.2) is 0 Å². The van der Waals surface area contributed by atoms with Crippen molar-refractivity contribution in [2.24, 2.45) is 0 Å². The van der Waals surface area contributed by atoms with Crippen LogP contribution in [-0.4, -0.2) is 17.9 Å². The molecule has 150 valence electrons. The van der Waals surface area contributed by atoms with Crippen molar-refractivity contribution in [3.8, 4) is 22.6 Å². The van der Waals surface area contributed by atoms with Crippen LogP contribution in [0.4, 0.5) is 5.69 Å². The number of rotatable bonds is 5. The normalized spacial score (nSPS) is 11.8. The summed E-state index contributed by atoms with van der Waals surface area (Å²) in [6, 6.07) is 27.8. The number of nitrogens with zero attached hydrogens (tertiary/aromatic N) is 2. The van der Waals surface area contributed by atoms with E-state index in [0.717, 1.165) is 22.4 Å². The lowest BCUT2D eigenvalue weighted by molar-refractivity contribution is -0.119. The van der Waals surface area contributed by atoms with Crippen molar-refractivity contribution in [3.63, 3.8) is 0 Å². The zero-order valence-electron chi connectivity index (χ0n) is 17.4. The van der Waals surface area contributed by atoms with E-state index in [2.05, 4.69) is 17.1 Å². The molecular formula is C26H24N2O2. The Labute approximate surface area is 176 Å². The second kappa shape index (κ2) is 8.37. The molecule has 0 saturated heterocycles. The molecule has 4 heteroatoms. The lowest BCUT2D eigenvalue weighted by Gasteiger charge is -2.23. The van der Waals surface area contributed by atoms with E-state index in [0.29, 0.717) is 17.3 Å². The molecule has 4 rings (SSSR count). The Balaban J connectivity index is 1.64. The number of amides is 1. The Kier molecular flexibility index (Phi) is 5.48. The molecule has 0 N–H and O–H groups in total. The molecule has 0 aliphatic heterocycles. The van der Waals surface area contributed by atoms with Crippen LogP contribution in [0.5, 0.6) is 0 Å². The van der Waals surface area contributed by atoms with E-state index in [1.807, 2.05) is 93.7 Å². The number of aryl methyl sites for hydroxylation is 1. The smallest absolute Gasteiger partial charge is 0.235 e. The molecule has 0 fully saturated rings. The number of hydrogen-bond donors (Lipinski definition) is 0. The summed E-state index contributed by atoms with van der Waals surface area (Å²) < 4.78 is 5.87. The van der Waals surface area contributed by atoms with Gasteiger partial charge in [-0.2, -0.15) is 0 Å². The minimum Gasteiger partial charge on any atom is -0.441 e. The predicted octanol–water partition coefficient (Wildman–Crippen LogP) is 6.08. The summed E-state index contributed by atoms with van der Waals surface area (Å²) in [5, 5.41) is 0. The molecule has 1 heterocycles. The number of oxazole rings is 1. The molecule has 1 aromatic heterocycles. The molecule has 3 aromatic carbocycles. The van der Waals surface area contributed by atoms with Crippen molar-refractivity contribution in [1.82, 2.24) is 4.98 Å².